The fourth-order valence-electron chi connectivity index (χ4n) is 3.02. The van der Waals surface area contributed by atoms with E-state index in [0.717, 1.165) is 5.56 Å². The van der Waals surface area contributed by atoms with Crippen LogP contribution in [0.5, 0.6) is 0 Å². The molecule has 24 heavy (non-hydrogen) atoms. The first-order valence-corrected chi connectivity index (χ1v) is 8.06. The number of rotatable bonds is 5. The Balaban J connectivity index is 2.04. The molecule has 1 aliphatic rings. The molecule has 1 aliphatic heterocycles. The zero-order valence-electron chi connectivity index (χ0n) is 13.9. The van der Waals surface area contributed by atoms with Gasteiger partial charge in [-0.05, 0) is 24.3 Å². The standard InChI is InChI=1S/C18H24N2O4/c1-3-14(2)18(10-7-11-20(13-18)17(22)23)19-16(21)24-12-15-8-5-4-6-9-15/h3-6,8-9,14H,1,7,10-13H2,2H3,(H,19,21)(H,22,23). The summed E-state index contributed by atoms with van der Waals surface area (Å²) in [4.78, 5) is 24.9. The van der Waals surface area contributed by atoms with Crippen LogP contribution in [-0.4, -0.2) is 40.8 Å². The van der Waals surface area contributed by atoms with Crippen molar-refractivity contribution in [3.63, 3.8) is 0 Å². The Morgan fingerprint density at radius 3 is 2.79 bits per heavy atom. The Bertz CT molecular complexity index is 590. The van der Waals surface area contributed by atoms with Gasteiger partial charge in [-0.1, -0.05) is 43.3 Å². The summed E-state index contributed by atoms with van der Waals surface area (Å²) in [6.07, 6.45) is 1.59. The lowest BCUT2D eigenvalue weighted by atomic mass is 9.78. The highest BCUT2D eigenvalue weighted by Crippen LogP contribution is 2.30. The molecular weight excluding hydrogens is 308 g/mol. The van der Waals surface area contributed by atoms with Crippen LogP contribution in [0.2, 0.25) is 0 Å². The number of nitrogens with one attached hydrogen (secondary N) is 1. The van der Waals surface area contributed by atoms with Crippen LogP contribution < -0.4 is 5.32 Å². The number of piperidine rings is 1. The summed E-state index contributed by atoms with van der Waals surface area (Å²) < 4.78 is 5.30. The summed E-state index contributed by atoms with van der Waals surface area (Å²) in [5.41, 5.74) is 0.209. The molecule has 0 saturated carbocycles. The van der Waals surface area contributed by atoms with Gasteiger partial charge >= 0.3 is 12.2 Å². The third kappa shape index (κ3) is 4.28. The number of hydrogen-bond donors (Lipinski definition) is 2. The Labute approximate surface area is 142 Å². The summed E-state index contributed by atoms with van der Waals surface area (Å²) in [5.74, 6) is -0.0797. The number of amides is 2. The lowest BCUT2D eigenvalue weighted by molar-refractivity contribution is 0.0697. The first-order valence-electron chi connectivity index (χ1n) is 8.06. The van der Waals surface area contributed by atoms with E-state index in [0.29, 0.717) is 19.4 Å². The van der Waals surface area contributed by atoms with Crippen molar-refractivity contribution in [2.45, 2.75) is 31.9 Å². The van der Waals surface area contributed by atoms with E-state index in [1.165, 1.54) is 4.90 Å². The molecule has 6 heteroatoms. The van der Waals surface area contributed by atoms with Crippen LogP contribution in [-0.2, 0) is 11.3 Å². The highest BCUT2D eigenvalue weighted by atomic mass is 16.5. The van der Waals surface area contributed by atoms with E-state index in [2.05, 4.69) is 11.9 Å². The second kappa shape index (κ2) is 7.86. The van der Waals surface area contributed by atoms with Gasteiger partial charge in [0.15, 0.2) is 0 Å². The molecule has 2 unspecified atom stereocenters. The lowest BCUT2D eigenvalue weighted by Crippen LogP contribution is -2.62. The number of likely N-dealkylation sites (tertiary alicyclic amines) is 1. The monoisotopic (exact) mass is 332 g/mol. The largest absolute Gasteiger partial charge is 0.465 e. The maximum atomic E-state index is 12.3. The second-order valence-electron chi connectivity index (χ2n) is 6.17. The summed E-state index contributed by atoms with van der Waals surface area (Å²) in [5, 5.41) is 12.2. The fraction of sp³-hybridized carbons (Fsp3) is 0.444. The number of hydrogen-bond acceptors (Lipinski definition) is 3. The van der Waals surface area contributed by atoms with Gasteiger partial charge in [0.1, 0.15) is 6.61 Å². The van der Waals surface area contributed by atoms with Crippen molar-refractivity contribution in [1.82, 2.24) is 10.2 Å². The van der Waals surface area contributed by atoms with E-state index < -0.39 is 17.7 Å². The molecule has 1 saturated heterocycles. The molecule has 2 amide bonds. The Hall–Kier alpha value is -2.50. The zero-order valence-corrected chi connectivity index (χ0v) is 13.9. The maximum absolute atomic E-state index is 12.3. The van der Waals surface area contributed by atoms with Crippen molar-refractivity contribution in [2.24, 2.45) is 5.92 Å². The highest BCUT2D eigenvalue weighted by Gasteiger charge is 2.42. The number of carbonyl (C=O) groups is 2. The van der Waals surface area contributed by atoms with Crippen molar-refractivity contribution in [3.05, 3.63) is 48.6 Å². The third-order valence-corrected chi connectivity index (χ3v) is 4.58. The van der Waals surface area contributed by atoms with Crippen molar-refractivity contribution in [3.8, 4) is 0 Å². The molecule has 2 N–H and O–H groups in total. The van der Waals surface area contributed by atoms with Gasteiger partial charge in [-0.2, -0.15) is 0 Å². The minimum Gasteiger partial charge on any atom is -0.465 e. The van der Waals surface area contributed by atoms with Crippen molar-refractivity contribution >= 4 is 12.2 Å². The molecule has 0 radical (unpaired) electrons. The molecule has 0 aromatic heterocycles. The second-order valence-corrected chi connectivity index (χ2v) is 6.17. The summed E-state index contributed by atoms with van der Waals surface area (Å²) >= 11 is 0. The number of benzene rings is 1. The van der Waals surface area contributed by atoms with E-state index >= 15 is 0 Å². The van der Waals surface area contributed by atoms with Crippen LogP contribution in [0.1, 0.15) is 25.3 Å². The molecule has 2 rings (SSSR count). The Morgan fingerprint density at radius 1 is 1.46 bits per heavy atom. The number of alkyl carbamates (subject to hydrolysis) is 1. The van der Waals surface area contributed by atoms with E-state index in [1.807, 2.05) is 37.3 Å². The lowest BCUT2D eigenvalue weighted by Gasteiger charge is -2.45. The Morgan fingerprint density at radius 2 is 2.17 bits per heavy atom. The first kappa shape index (κ1) is 17.8. The molecule has 0 bridgehead atoms. The van der Waals surface area contributed by atoms with Crippen molar-refractivity contribution in [1.29, 1.82) is 0 Å². The number of nitrogens with zero attached hydrogens (tertiary/aromatic N) is 1. The number of carboxylic acid groups (broad SMARTS) is 1. The molecule has 6 nitrogen and oxygen atoms in total. The predicted octanol–water partition coefficient (Wildman–Crippen LogP) is 3.25. The zero-order chi connectivity index (χ0) is 17.6. The summed E-state index contributed by atoms with van der Waals surface area (Å²) in [6, 6.07) is 9.41. The van der Waals surface area contributed by atoms with Gasteiger partial charge in [-0.15, -0.1) is 6.58 Å². The smallest absolute Gasteiger partial charge is 0.407 e. The van der Waals surface area contributed by atoms with Crippen LogP contribution in [0.4, 0.5) is 9.59 Å². The van der Waals surface area contributed by atoms with Gasteiger partial charge < -0.3 is 20.1 Å². The van der Waals surface area contributed by atoms with E-state index in [-0.39, 0.29) is 19.1 Å². The van der Waals surface area contributed by atoms with Crippen LogP contribution in [0.15, 0.2) is 43.0 Å². The normalized spacial score (nSPS) is 21.6. The molecular formula is C18H24N2O4. The van der Waals surface area contributed by atoms with E-state index in [1.54, 1.807) is 6.08 Å². The molecule has 0 spiro atoms. The first-order chi connectivity index (χ1) is 11.5. The van der Waals surface area contributed by atoms with Gasteiger partial charge in [0.05, 0.1) is 5.54 Å². The number of carbonyl (C=O) groups excluding carboxylic acids is 1. The summed E-state index contributed by atoms with van der Waals surface area (Å²) in [7, 11) is 0. The molecule has 1 aromatic rings. The Kier molecular flexibility index (Phi) is 5.84. The van der Waals surface area contributed by atoms with Crippen LogP contribution in [0.25, 0.3) is 0 Å². The minimum absolute atomic E-state index is 0.0797. The molecule has 1 heterocycles. The minimum atomic E-state index is -0.977. The van der Waals surface area contributed by atoms with Crippen molar-refractivity contribution < 1.29 is 19.4 Å². The maximum Gasteiger partial charge on any atom is 0.407 e. The molecule has 1 fully saturated rings. The van der Waals surface area contributed by atoms with E-state index in [9.17, 15) is 14.7 Å². The third-order valence-electron chi connectivity index (χ3n) is 4.58. The van der Waals surface area contributed by atoms with Gasteiger partial charge in [0.2, 0.25) is 0 Å². The molecule has 130 valence electrons. The number of ether oxygens (including phenoxy) is 1. The fourth-order valence-corrected chi connectivity index (χ4v) is 3.02. The van der Waals surface area contributed by atoms with Gasteiger partial charge in [0.25, 0.3) is 0 Å². The molecule has 1 aromatic carbocycles. The molecule has 2 atom stereocenters. The van der Waals surface area contributed by atoms with Crippen LogP contribution >= 0.6 is 0 Å². The van der Waals surface area contributed by atoms with E-state index in [4.69, 9.17) is 4.74 Å². The topological polar surface area (TPSA) is 78.9 Å². The predicted molar refractivity (Wildman–Crippen MR) is 90.7 cm³/mol. The van der Waals surface area contributed by atoms with Gasteiger partial charge in [-0.25, -0.2) is 9.59 Å². The quantitative estimate of drug-likeness (QED) is 0.811. The van der Waals surface area contributed by atoms with Crippen molar-refractivity contribution in [2.75, 3.05) is 13.1 Å². The van der Waals surface area contributed by atoms with Gasteiger partial charge in [-0.3, -0.25) is 0 Å². The SMILES string of the molecule is C=CC(C)C1(NC(=O)OCc2ccccc2)CCCN(C(=O)O)C1. The van der Waals surface area contributed by atoms with Gasteiger partial charge in [0, 0.05) is 13.1 Å². The summed E-state index contributed by atoms with van der Waals surface area (Å²) in [6.45, 7) is 6.60. The van der Waals surface area contributed by atoms with Crippen LogP contribution in [0, 0.1) is 5.92 Å². The molecule has 0 aliphatic carbocycles. The van der Waals surface area contributed by atoms with Crippen LogP contribution in [0.3, 0.4) is 0 Å². The highest BCUT2D eigenvalue weighted by molar-refractivity contribution is 5.69. The average molecular weight is 332 g/mol. The average Bonchev–Trinajstić information content (AvgIpc) is 2.60.